The number of thiophene rings is 1. The summed E-state index contributed by atoms with van der Waals surface area (Å²) in [4.78, 5) is 31.6. The lowest BCUT2D eigenvalue weighted by atomic mass is 9.93. The van der Waals surface area contributed by atoms with Crippen LogP contribution in [0.4, 0.5) is 0 Å². The van der Waals surface area contributed by atoms with Gasteiger partial charge in [-0.1, -0.05) is 30.3 Å². The van der Waals surface area contributed by atoms with Crippen LogP contribution in [0.2, 0.25) is 0 Å². The molecule has 2 amide bonds. The van der Waals surface area contributed by atoms with E-state index in [4.69, 9.17) is 0 Å². The molecule has 0 spiro atoms. The third-order valence-electron chi connectivity index (χ3n) is 5.23. The van der Waals surface area contributed by atoms with E-state index in [0.29, 0.717) is 19.6 Å². The highest BCUT2D eigenvalue weighted by Crippen LogP contribution is 2.31. The van der Waals surface area contributed by atoms with Gasteiger partial charge in [0.15, 0.2) is 0 Å². The van der Waals surface area contributed by atoms with E-state index in [1.54, 1.807) is 0 Å². The number of piperidine rings is 1. The first-order chi connectivity index (χ1) is 12.1. The van der Waals surface area contributed by atoms with Crippen molar-refractivity contribution >= 4 is 23.2 Å². The zero-order valence-corrected chi connectivity index (χ0v) is 15.2. The van der Waals surface area contributed by atoms with Gasteiger partial charge in [-0.05, 0) is 37.5 Å². The quantitative estimate of drug-likeness (QED) is 0.848. The Morgan fingerprint density at radius 2 is 1.92 bits per heavy atom. The van der Waals surface area contributed by atoms with Crippen LogP contribution >= 0.6 is 11.3 Å². The molecule has 0 saturated carbocycles. The van der Waals surface area contributed by atoms with Gasteiger partial charge in [-0.15, -0.1) is 11.3 Å². The topological polar surface area (TPSA) is 40.6 Å². The van der Waals surface area contributed by atoms with Gasteiger partial charge in [0, 0.05) is 30.6 Å². The molecular weight excluding hydrogens is 332 g/mol. The van der Waals surface area contributed by atoms with Gasteiger partial charge in [0.25, 0.3) is 5.91 Å². The summed E-state index contributed by atoms with van der Waals surface area (Å²) >= 11 is 1.53. The number of aryl methyl sites for hydroxylation is 1. The van der Waals surface area contributed by atoms with Gasteiger partial charge < -0.3 is 9.80 Å². The SMILES string of the molecule is Cc1ccc(C(=O)N2C[C@@H]3CC[C@H](C2)N(Cc2ccccc2)C3=O)s1. The van der Waals surface area contributed by atoms with Gasteiger partial charge in [0.1, 0.15) is 0 Å². The number of hydrogen-bond acceptors (Lipinski definition) is 3. The number of fused-ring (bicyclic) bond motifs is 4. The molecule has 3 aliphatic heterocycles. The maximum absolute atomic E-state index is 12.9. The lowest BCUT2D eigenvalue weighted by molar-refractivity contribution is -0.140. The van der Waals surface area contributed by atoms with Crippen molar-refractivity contribution in [2.24, 2.45) is 5.92 Å². The van der Waals surface area contributed by atoms with Crippen molar-refractivity contribution in [1.82, 2.24) is 9.80 Å². The second-order valence-electron chi connectivity index (χ2n) is 7.00. The molecule has 5 heteroatoms. The summed E-state index contributed by atoms with van der Waals surface area (Å²) in [6.45, 7) is 3.85. The van der Waals surface area contributed by atoms with Gasteiger partial charge in [0.05, 0.1) is 10.8 Å². The monoisotopic (exact) mass is 354 g/mol. The van der Waals surface area contributed by atoms with E-state index in [1.165, 1.54) is 11.3 Å². The molecule has 25 heavy (non-hydrogen) atoms. The number of carbonyl (C=O) groups excluding carboxylic acids is 2. The molecule has 3 aliphatic rings. The van der Waals surface area contributed by atoms with Crippen molar-refractivity contribution in [2.75, 3.05) is 13.1 Å². The van der Waals surface area contributed by atoms with E-state index in [1.807, 2.05) is 47.1 Å². The molecule has 4 heterocycles. The van der Waals surface area contributed by atoms with E-state index in [-0.39, 0.29) is 23.8 Å². The van der Waals surface area contributed by atoms with Crippen molar-refractivity contribution in [3.8, 4) is 0 Å². The van der Waals surface area contributed by atoms with Crippen LogP contribution in [-0.2, 0) is 11.3 Å². The first-order valence-electron chi connectivity index (χ1n) is 8.82. The Labute approximate surface area is 152 Å². The van der Waals surface area contributed by atoms with Crippen LogP contribution in [0.25, 0.3) is 0 Å². The molecule has 2 bridgehead atoms. The van der Waals surface area contributed by atoms with Gasteiger partial charge in [-0.3, -0.25) is 9.59 Å². The van der Waals surface area contributed by atoms with Gasteiger partial charge >= 0.3 is 0 Å². The van der Waals surface area contributed by atoms with E-state index >= 15 is 0 Å². The summed E-state index contributed by atoms with van der Waals surface area (Å²) in [6, 6.07) is 14.1. The molecule has 0 unspecified atom stereocenters. The fraction of sp³-hybridized carbons (Fsp3) is 0.400. The molecule has 1 aromatic heterocycles. The molecule has 1 aromatic carbocycles. The van der Waals surface area contributed by atoms with E-state index in [2.05, 4.69) is 12.1 Å². The minimum atomic E-state index is -0.0625. The predicted molar refractivity (Wildman–Crippen MR) is 98.5 cm³/mol. The third kappa shape index (κ3) is 3.21. The van der Waals surface area contributed by atoms with E-state index in [0.717, 1.165) is 28.2 Å². The molecule has 0 N–H and O–H groups in total. The molecule has 3 fully saturated rings. The lowest BCUT2D eigenvalue weighted by Gasteiger charge is -2.36. The maximum atomic E-state index is 12.9. The number of nitrogens with zero attached hydrogens (tertiary/aromatic N) is 2. The lowest BCUT2D eigenvalue weighted by Crippen LogP contribution is -2.47. The highest BCUT2D eigenvalue weighted by atomic mass is 32.1. The van der Waals surface area contributed by atoms with Gasteiger partial charge in [-0.25, -0.2) is 0 Å². The largest absolute Gasteiger partial charge is 0.335 e. The Morgan fingerprint density at radius 3 is 2.64 bits per heavy atom. The fourth-order valence-corrected chi connectivity index (χ4v) is 4.74. The number of benzene rings is 1. The van der Waals surface area contributed by atoms with Crippen molar-refractivity contribution in [2.45, 2.75) is 32.4 Å². The molecule has 130 valence electrons. The summed E-state index contributed by atoms with van der Waals surface area (Å²) in [5, 5.41) is 0. The summed E-state index contributed by atoms with van der Waals surface area (Å²) in [7, 11) is 0. The standard InChI is InChI=1S/C20H22N2O2S/c1-14-7-10-18(25-14)20(24)21-12-16-8-9-17(13-21)22(19(16)23)11-15-5-3-2-4-6-15/h2-7,10,16-17H,8-9,11-13H2,1H3/t16-,17+/m0/s1. The number of hydrogen-bond donors (Lipinski definition) is 0. The van der Waals surface area contributed by atoms with Crippen LogP contribution < -0.4 is 0 Å². The molecule has 3 saturated heterocycles. The average molecular weight is 354 g/mol. The second-order valence-corrected chi connectivity index (χ2v) is 8.29. The van der Waals surface area contributed by atoms with Crippen LogP contribution in [0.3, 0.4) is 0 Å². The van der Waals surface area contributed by atoms with Crippen LogP contribution in [0.15, 0.2) is 42.5 Å². The van der Waals surface area contributed by atoms with Crippen molar-refractivity contribution < 1.29 is 9.59 Å². The first-order valence-corrected chi connectivity index (χ1v) is 9.63. The predicted octanol–water partition coefficient (Wildman–Crippen LogP) is 3.32. The molecule has 0 radical (unpaired) electrons. The normalized spacial score (nSPS) is 23.0. The third-order valence-corrected chi connectivity index (χ3v) is 6.22. The molecule has 0 aliphatic carbocycles. The molecule has 2 aromatic rings. The van der Waals surface area contributed by atoms with Crippen LogP contribution in [0.5, 0.6) is 0 Å². The molecular formula is C20H22N2O2S. The van der Waals surface area contributed by atoms with Crippen LogP contribution in [-0.4, -0.2) is 40.7 Å². The zero-order chi connectivity index (χ0) is 17.4. The average Bonchev–Trinajstić information content (AvgIpc) is 2.88. The van der Waals surface area contributed by atoms with E-state index < -0.39 is 0 Å². The Hall–Kier alpha value is -2.14. The molecule has 2 atom stereocenters. The Morgan fingerprint density at radius 1 is 1.12 bits per heavy atom. The maximum Gasteiger partial charge on any atom is 0.264 e. The summed E-state index contributed by atoms with van der Waals surface area (Å²) in [6.07, 6.45) is 1.87. The Kier molecular flexibility index (Phi) is 4.34. The minimum Gasteiger partial charge on any atom is -0.335 e. The smallest absolute Gasteiger partial charge is 0.264 e. The number of rotatable bonds is 3. The van der Waals surface area contributed by atoms with Crippen LogP contribution in [0.1, 0.15) is 33.0 Å². The van der Waals surface area contributed by atoms with Gasteiger partial charge in [-0.2, -0.15) is 0 Å². The second kappa shape index (κ2) is 6.64. The van der Waals surface area contributed by atoms with E-state index in [9.17, 15) is 9.59 Å². The summed E-state index contributed by atoms with van der Waals surface area (Å²) in [5.74, 6) is 0.217. The Balaban J connectivity index is 1.55. The Bertz CT molecular complexity index is 786. The van der Waals surface area contributed by atoms with Gasteiger partial charge in [0.2, 0.25) is 5.91 Å². The van der Waals surface area contributed by atoms with Crippen molar-refractivity contribution in [3.05, 3.63) is 57.8 Å². The number of carbonyl (C=O) groups is 2. The summed E-state index contributed by atoms with van der Waals surface area (Å²) in [5.41, 5.74) is 1.15. The highest BCUT2D eigenvalue weighted by molar-refractivity contribution is 7.13. The zero-order valence-electron chi connectivity index (χ0n) is 14.4. The highest BCUT2D eigenvalue weighted by Gasteiger charge is 2.42. The molecule has 4 nitrogen and oxygen atoms in total. The van der Waals surface area contributed by atoms with Crippen molar-refractivity contribution in [1.29, 1.82) is 0 Å². The minimum absolute atomic E-state index is 0.0625. The fourth-order valence-electron chi connectivity index (χ4n) is 3.90. The first kappa shape index (κ1) is 16.3. The summed E-state index contributed by atoms with van der Waals surface area (Å²) < 4.78 is 0. The van der Waals surface area contributed by atoms with Crippen molar-refractivity contribution in [3.63, 3.8) is 0 Å². The number of amides is 2. The molecule has 5 rings (SSSR count). The van der Waals surface area contributed by atoms with Crippen LogP contribution in [0, 0.1) is 12.8 Å².